The maximum atomic E-state index is 11.6. The Labute approximate surface area is 163 Å². The summed E-state index contributed by atoms with van der Waals surface area (Å²) in [5.74, 6) is 0.0107. The minimum atomic E-state index is -0.780. The van der Waals surface area contributed by atoms with E-state index in [1.165, 1.54) is 0 Å². The Balaban J connectivity index is 1.83. The van der Waals surface area contributed by atoms with E-state index in [1.54, 1.807) is 17.1 Å². The van der Waals surface area contributed by atoms with Crippen LogP contribution in [0.4, 0.5) is 0 Å². The van der Waals surface area contributed by atoms with E-state index in [4.69, 9.17) is 10.5 Å². The van der Waals surface area contributed by atoms with Crippen molar-refractivity contribution in [3.05, 3.63) is 70.0 Å². The van der Waals surface area contributed by atoms with Gasteiger partial charge >= 0.3 is 0 Å². The highest BCUT2D eigenvalue weighted by atomic mass is 79.9. The van der Waals surface area contributed by atoms with Gasteiger partial charge in [-0.25, -0.2) is 9.67 Å². The van der Waals surface area contributed by atoms with Crippen LogP contribution in [0.15, 0.2) is 47.2 Å². The van der Waals surface area contributed by atoms with E-state index in [2.05, 4.69) is 35.9 Å². The third-order valence-electron chi connectivity index (χ3n) is 4.97. The summed E-state index contributed by atoms with van der Waals surface area (Å²) in [6.45, 7) is 1.76. The molecule has 5 rings (SSSR count). The number of carbonyl (C=O) groups excluding carboxylic acids is 1. The van der Waals surface area contributed by atoms with E-state index in [0.29, 0.717) is 25.5 Å². The lowest BCUT2D eigenvalue weighted by Gasteiger charge is -2.36. The van der Waals surface area contributed by atoms with Gasteiger partial charge in [-0.15, -0.1) is 5.10 Å². The van der Waals surface area contributed by atoms with Crippen molar-refractivity contribution >= 4 is 21.8 Å². The topological polar surface area (TPSA) is 99.2 Å². The van der Waals surface area contributed by atoms with Crippen molar-refractivity contribution in [3.63, 3.8) is 0 Å². The zero-order valence-electron chi connectivity index (χ0n) is 14.2. The molecule has 1 atom stereocenters. The molecule has 0 spiro atoms. The van der Waals surface area contributed by atoms with Crippen LogP contribution in [0.2, 0.25) is 0 Å². The molecule has 2 aromatic heterocycles. The van der Waals surface area contributed by atoms with Gasteiger partial charge in [-0.05, 0) is 30.3 Å². The second kappa shape index (κ2) is 5.95. The Hall–Kier alpha value is -2.62. The van der Waals surface area contributed by atoms with E-state index >= 15 is 0 Å². The van der Waals surface area contributed by atoms with Gasteiger partial charge in [0, 0.05) is 34.5 Å². The molecule has 2 N–H and O–H groups in total. The lowest BCUT2D eigenvalue weighted by atomic mass is 9.92. The first-order valence-electron chi connectivity index (χ1n) is 8.45. The van der Waals surface area contributed by atoms with E-state index in [1.807, 2.05) is 30.3 Å². The van der Waals surface area contributed by atoms with Gasteiger partial charge < -0.3 is 10.5 Å². The molecule has 27 heavy (non-hydrogen) atoms. The second-order valence-electron chi connectivity index (χ2n) is 6.44. The fraction of sp³-hybridized carbons (Fsp3) is 0.222. The number of carbonyl (C=O) groups is 1. The first-order chi connectivity index (χ1) is 13.1. The minimum absolute atomic E-state index is 0.00963. The molecule has 1 aromatic carbocycles. The maximum absolute atomic E-state index is 11.6. The molecule has 2 aliphatic heterocycles. The summed E-state index contributed by atoms with van der Waals surface area (Å²) in [7, 11) is 0. The lowest BCUT2D eigenvalue weighted by Crippen LogP contribution is -2.42. The van der Waals surface area contributed by atoms with Crippen molar-refractivity contribution in [1.29, 1.82) is 0 Å². The summed E-state index contributed by atoms with van der Waals surface area (Å²) in [6, 6.07) is 9.81. The van der Waals surface area contributed by atoms with Crippen molar-refractivity contribution in [2.45, 2.75) is 12.3 Å². The monoisotopic (exact) mass is 426 g/mol. The van der Waals surface area contributed by atoms with Crippen LogP contribution in [0, 0.1) is 0 Å². The first kappa shape index (κ1) is 16.5. The van der Waals surface area contributed by atoms with Crippen LogP contribution in [-0.4, -0.2) is 43.7 Å². The SMILES string of the molecule is NC(=O)c1nc2n(n1)-c1ccc(Br)cc1C1(c3ccncc3)OCCN1C2. The molecule has 1 unspecified atom stereocenters. The fourth-order valence-corrected chi connectivity index (χ4v) is 4.23. The quantitative estimate of drug-likeness (QED) is 0.667. The number of hydrogen-bond donors (Lipinski definition) is 1. The molecule has 4 heterocycles. The molecule has 1 saturated heterocycles. The molecule has 2 aliphatic rings. The van der Waals surface area contributed by atoms with E-state index < -0.39 is 11.6 Å². The van der Waals surface area contributed by atoms with Gasteiger partial charge in [0.2, 0.25) is 5.82 Å². The number of fused-ring (bicyclic) bond motifs is 5. The van der Waals surface area contributed by atoms with Gasteiger partial charge in [-0.1, -0.05) is 15.9 Å². The van der Waals surface area contributed by atoms with Crippen LogP contribution in [-0.2, 0) is 17.0 Å². The Bertz CT molecular complexity index is 1050. The number of amides is 1. The highest BCUT2D eigenvalue weighted by molar-refractivity contribution is 9.10. The summed E-state index contributed by atoms with van der Waals surface area (Å²) in [5, 5.41) is 4.35. The van der Waals surface area contributed by atoms with Crippen molar-refractivity contribution in [1.82, 2.24) is 24.6 Å². The van der Waals surface area contributed by atoms with Crippen molar-refractivity contribution in [2.24, 2.45) is 5.73 Å². The molecule has 136 valence electrons. The molecule has 9 heteroatoms. The average molecular weight is 427 g/mol. The predicted octanol–water partition coefficient (Wildman–Crippen LogP) is 1.57. The van der Waals surface area contributed by atoms with Crippen LogP contribution in [0.5, 0.6) is 0 Å². The van der Waals surface area contributed by atoms with Crippen molar-refractivity contribution in [3.8, 4) is 5.69 Å². The number of rotatable bonds is 2. The largest absolute Gasteiger partial charge is 0.363 e. The number of nitrogens with two attached hydrogens (primary N) is 1. The number of primary amides is 1. The third kappa shape index (κ3) is 2.35. The molecule has 0 radical (unpaired) electrons. The molecule has 8 nitrogen and oxygen atoms in total. The molecular weight excluding hydrogens is 412 g/mol. The zero-order chi connectivity index (χ0) is 18.6. The summed E-state index contributed by atoms with van der Waals surface area (Å²) < 4.78 is 8.99. The Kier molecular flexibility index (Phi) is 3.64. The third-order valence-corrected chi connectivity index (χ3v) is 5.46. The molecule has 3 aromatic rings. The molecule has 1 fully saturated rings. The van der Waals surface area contributed by atoms with Crippen molar-refractivity contribution in [2.75, 3.05) is 13.2 Å². The zero-order valence-corrected chi connectivity index (χ0v) is 15.8. The molecule has 0 aliphatic carbocycles. The maximum Gasteiger partial charge on any atom is 0.288 e. The minimum Gasteiger partial charge on any atom is -0.363 e. The molecule has 0 saturated carbocycles. The number of halogens is 1. The van der Waals surface area contributed by atoms with Gasteiger partial charge in [0.25, 0.3) is 5.91 Å². The molecular formula is C18H15BrN6O2. The van der Waals surface area contributed by atoms with E-state index in [9.17, 15) is 4.79 Å². The van der Waals surface area contributed by atoms with Crippen LogP contribution in [0.3, 0.4) is 0 Å². The Morgan fingerprint density at radius 2 is 2.07 bits per heavy atom. The summed E-state index contributed by atoms with van der Waals surface area (Å²) in [5.41, 5.74) is 7.32. The number of ether oxygens (including phenoxy) is 1. The lowest BCUT2D eigenvalue weighted by molar-refractivity contribution is -0.0552. The summed E-state index contributed by atoms with van der Waals surface area (Å²) in [6.07, 6.45) is 3.52. The van der Waals surface area contributed by atoms with E-state index in [0.717, 1.165) is 21.3 Å². The fourth-order valence-electron chi connectivity index (χ4n) is 3.87. The van der Waals surface area contributed by atoms with Crippen LogP contribution in [0.25, 0.3) is 5.69 Å². The van der Waals surface area contributed by atoms with E-state index in [-0.39, 0.29) is 5.82 Å². The van der Waals surface area contributed by atoms with Crippen molar-refractivity contribution < 1.29 is 9.53 Å². The highest BCUT2D eigenvalue weighted by Gasteiger charge is 2.49. The number of benzene rings is 1. The van der Waals surface area contributed by atoms with Crippen LogP contribution in [0.1, 0.15) is 27.6 Å². The summed E-state index contributed by atoms with van der Waals surface area (Å²) >= 11 is 3.57. The molecule has 1 amide bonds. The number of nitrogens with zero attached hydrogens (tertiary/aromatic N) is 5. The van der Waals surface area contributed by atoms with Crippen LogP contribution < -0.4 is 5.73 Å². The number of aromatic nitrogens is 4. The predicted molar refractivity (Wildman–Crippen MR) is 99.0 cm³/mol. The molecule has 0 bridgehead atoms. The number of pyridine rings is 1. The Morgan fingerprint density at radius 3 is 2.85 bits per heavy atom. The highest BCUT2D eigenvalue weighted by Crippen LogP contribution is 2.46. The average Bonchev–Trinajstić information content (AvgIpc) is 3.26. The van der Waals surface area contributed by atoms with Gasteiger partial charge in [-0.2, -0.15) is 0 Å². The smallest absolute Gasteiger partial charge is 0.288 e. The van der Waals surface area contributed by atoms with Crippen LogP contribution >= 0.6 is 15.9 Å². The van der Waals surface area contributed by atoms with Gasteiger partial charge in [-0.3, -0.25) is 14.7 Å². The number of hydrogen-bond acceptors (Lipinski definition) is 6. The van der Waals surface area contributed by atoms with Gasteiger partial charge in [0.05, 0.1) is 18.8 Å². The van der Waals surface area contributed by atoms with Gasteiger partial charge in [0.1, 0.15) is 5.82 Å². The second-order valence-corrected chi connectivity index (χ2v) is 7.35. The standard InChI is InChI=1S/C18H15BrN6O2/c19-12-1-2-14-13(9-12)18(11-3-5-21-6-4-11)24(7-8-27-18)10-15-22-17(16(20)26)23-25(14)15/h1-6,9H,7-8,10H2,(H2,20,26). The Morgan fingerprint density at radius 1 is 1.26 bits per heavy atom. The first-order valence-corrected chi connectivity index (χ1v) is 9.24. The summed E-state index contributed by atoms with van der Waals surface area (Å²) in [4.78, 5) is 22.3. The van der Waals surface area contributed by atoms with Gasteiger partial charge in [0.15, 0.2) is 5.72 Å². The normalized spacial score (nSPS) is 21.2.